The maximum Gasteiger partial charge on any atom is 0.222 e. The molecular formula is C8H9OPS3. The van der Waals surface area contributed by atoms with Crippen LogP contribution in [0.5, 0.6) is 5.75 Å². The molecule has 0 N–H and O–H groups in total. The summed E-state index contributed by atoms with van der Waals surface area (Å²) in [6, 6.07) is 9.86. The molecule has 0 atom stereocenters. The summed E-state index contributed by atoms with van der Waals surface area (Å²) in [4.78, 5) is 0. The lowest BCUT2D eigenvalue weighted by Crippen LogP contribution is -1.81. The summed E-state index contributed by atoms with van der Waals surface area (Å²) in [5.41, 5.74) is 0. The van der Waals surface area contributed by atoms with Crippen LogP contribution in [0.3, 0.4) is 0 Å². The van der Waals surface area contributed by atoms with Crippen LogP contribution in [0.4, 0.5) is 0 Å². The van der Waals surface area contributed by atoms with Gasteiger partial charge in [0.05, 0.1) is 0 Å². The SMILES string of the molecule is S=P1(Oc2ccccc2)SCCS1. The minimum absolute atomic E-state index is 0.910. The van der Waals surface area contributed by atoms with Gasteiger partial charge >= 0.3 is 0 Å². The van der Waals surface area contributed by atoms with Crippen LogP contribution in [0.25, 0.3) is 0 Å². The highest BCUT2D eigenvalue weighted by Gasteiger charge is 2.26. The lowest BCUT2D eigenvalue weighted by atomic mass is 10.3. The molecule has 13 heavy (non-hydrogen) atoms. The minimum Gasteiger partial charge on any atom is -0.448 e. The van der Waals surface area contributed by atoms with Gasteiger partial charge in [-0.1, -0.05) is 41.0 Å². The van der Waals surface area contributed by atoms with Gasteiger partial charge in [-0.3, -0.25) is 0 Å². The third kappa shape index (κ3) is 2.66. The third-order valence-electron chi connectivity index (χ3n) is 1.54. The van der Waals surface area contributed by atoms with Crippen LogP contribution < -0.4 is 4.52 Å². The molecule has 1 aromatic carbocycles. The van der Waals surface area contributed by atoms with E-state index >= 15 is 0 Å². The van der Waals surface area contributed by atoms with Crippen molar-refractivity contribution >= 4 is 39.2 Å². The van der Waals surface area contributed by atoms with E-state index in [9.17, 15) is 0 Å². The topological polar surface area (TPSA) is 9.23 Å². The Hall–Kier alpha value is 0.370. The molecule has 0 bridgehead atoms. The predicted molar refractivity (Wildman–Crippen MR) is 66.3 cm³/mol. The Kier molecular flexibility index (Phi) is 3.25. The van der Waals surface area contributed by atoms with Gasteiger partial charge in [-0.05, 0) is 23.9 Å². The average Bonchev–Trinajstić information content (AvgIpc) is 2.54. The molecule has 1 aliphatic rings. The molecule has 0 aliphatic carbocycles. The van der Waals surface area contributed by atoms with Crippen molar-refractivity contribution in [3.05, 3.63) is 30.3 Å². The van der Waals surface area contributed by atoms with E-state index in [1.807, 2.05) is 30.3 Å². The van der Waals surface area contributed by atoms with Gasteiger partial charge in [0.2, 0.25) is 4.67 Å². The first-order valence-electron chi connectivity index (χ1n) is 3.92. The summed E-state index contributed by atoms with van der Waals surface area (Å²) >= 11 is 9.08. The van der Waals surface area contributed by atoms with Gasteiger partial charge in [-0.2, -0.15) is 0 Å². The van der Waals surface area contributed by atoms with Crippen molar-refractivity contribution in [3.8, 4) is 5.75 Å². The van der Waals surface area contributed by atoms with Crippen molar-refractivity contribution in [1.82, 2.24) is 0 Å². The summed E-state index contributed by atoms with van der Waals surface area (Å²) in [6.45, 7) is 0. The molecule has 0 amide bonds. The van der Waals surface area contributed by atoms with Crippen LogP contribution in [0.2, 0.25) is 0 Å². The van der Waals surface area contributed by atoms with E-state index in [0.29, 0.717) is 0 Å². The molecule has 1 heterocycles. The second-order valence-electron chi connectivity index (χ2n) is 2.52. The fourth-order valence-electron chi connectivity index (χ4n) is 0.999. The van der Waals surface area contributed by atoms with Crippen molar-refractivity contribution in [2.75, 3.05) is 11.5 Å². The highest BCUT2D eigenvalue weighted by molar-refractivity contribution is 9.00. The van der Waals surface area contributed by atoms with E-state index in [4.69, 9.17) is 16.3 Å². The molecule has 0 saturated carbocycles. The van der Waals surface area contributed by atoms with Crippen molar-refractivity contribution in [3.63, 3.8) is 0 Å². The Morgan fingerprint density at radius 3 is 2.38 bits per heavy atom. The van der Waals surface area contributed by atoms with Crippen molar-refractivity contribution < 1.29 is 4.52 Å². The second kappa shape index (κ2) is 4.26. The summed E-state index contributed by atoms with van der Waals surface area (Å²) in [6.07, 6.45) is 0. The molecular weight excluding hydrogens is 239 g/mol. The zero-order valence-electron chi connectivity index (χ0n) is 6.88. The van der Waals surface area contributed by atoms with Crippen LogP contribution >= 0.6 is 27.4 Å². The molecule has 1 saturated heterocycles. The first kappa shape index (κ1) is 9.91. The number of hydrogen-bond donors (Lipinski definition) is 0. The average molecular weight is 248 g/mol. The monoisotopic (exact) mass is 248 g/mol. The number of para-hydroxylation sites is 1. The van der Waals surface area contributed by atoms with E-state index in [0.717, 1.165) is 17.3 Å². The molecule has 5 heteroatoms. The van der Waals surface area contributed by atoms with Gasteiger partial charge in [-0.25, -0.2) is 0 Å². The maximum absolute atomic E-state index is 5.81. The van der Waals surface area contributed by atoms with E-state index in [1.54, 1.807) is 22.8 Å². The fraction of sp³-hybridized carbons (Fsp3) is 0.250. The molecule has 0 aromatic heterocycles. The normalized spacial score (nSPS) is 20.0. The Labute approximate surface area is 91.2 Å². The van der Waals surface area contributed by atoms with Gasteiger partial charge in [0.15, 0.2) is 0 Å². The first-order valence-corrected chi connectivity index (χ1v) is 9.82. The lowest BCUT2D eigenvalue weighted by Gasteiger charge is -2.14. The minimum atomic E-state index is -1.63. The van der Waals surface area contributed by atoms with E-state index in [1.165, 1.54) is 0 Å². The van der Waals surface area contributed by atoms with E-state index < -0.39 is 4.67 Å². The molecule has 1 fully saturated rings. The molecule has 0 radical (unpaired) electrons. The largest absolute Gasteiger partial charge is 0.448 e. The molecule has 0 unspecified atom stereocenters. The second-order valence-corrected chi connectivity index (χ2v) is 13.2. The number of rotatable bonds is 2. The Bertz CT molecular complexity index is 317. The molecule has 1 nitrogen and oxygen atoms in total. The van der Waals surface area contributed by atoms with Gasteiger partial charge in [-0.15, -0.1) is 0 Å². The summed E-state index contributed by atoms with van der Waals surface area (Å²) in [7, 11) is 0. The highest BCUT2D eigenvalue weighted by Crippen LogP contribution is 2.73. The summed E-state index contributed by atoms with van der Waals surface area (Å²) < 4.78 is 4.19. The van der Waals surface area contributed by atoms with Gasteiger partial charge in [0, 0.05) is 11.5 Å². The molecule has 1 aromatic rings. The molecule has 2 rings (SSSR count). The van der Waals surface area contributed by atoms with E-state index in [2.05, 4.69) is 0 Å². The molecule has 70 valence electrons. The number of hydrogen-bond acceptors (Lipinski definition) is 4. The van der Waals surface area contributed by atoms with Crippen molar-refractivity contribution in [1.29, 1.82) is 0 Å². The van der Waals surface area contributed by atoms with Crippen LogP contribution in [0, 0.1) is 0 Å². The Balaban J connectivity index is 2.10. The summed E-state index contributed by atoms with van der Waals surface area (Å²) in [5, 5.41) is 0. The number of benzene rings is 1. The standard InChI is InChI=1S/C8H9OPS3/c11-10(12-6-7-13-10)9-8-4-2-1-3-5-8/h1-5H,6-7H2. The third-order valence-corrected chi connectivity index (χ3v) is 11.1. The van der Waals surface area contributed by atoms with Gasteiger partial charge < -0.3 is 4.52 Å². The Morgan fingerprint density at radius 2 is 1.77 bits per heavy atom. The highest BCUT2D eigenvalue weighted by atomic mass is 33.2. The van der Waals surface area contributed by atoms with Gasteiger partial charge in [0.25, 0.3) is 0 Å². The van der Waals surface area contributed by atoms with Crippen LogP contribution in [0.1, 0.15) is 0 Å². The van der Waals surface area contributed by atoms with Crippen molar-refractivity contribution in [2.24, 2.45) is 0 Å². The lowest BCUT2D eigenvalue weighted by molar-refractivity contribution is 0.638. The Morgan fingerprint density at radius 1 is 1.15 bits per heavy atom. The van der Waals surface area contributed by atoms with Crippen LogP contribution in [0.15, 0.2) is 30.3 Å². The zero-order valence-corrected chi connectivity index (χ0v) is 10.2. The van der Waals surface area contributed by atoms with E-state index in [-0.39, 0.29) is 0 Å². The quantitative estimate of drug-likeness (QED) is 0.736. The fourth-order valence-corrected chi connectivity index (χ4v) is 9.95. The van der Waals surface area contributed by atoms with Crippen LogP contribution in [-0.4, -0.2) is 11.5 Å². The van der Waals surface area contributed by atoms with Crippen LogP contribution in [-0.2, 0) is 11.8 Å². The van der Waals surface area contributed by atoms with Crippen molar-refractivity contribution in [2.45, 2.75) is 0 Å². The zero-order chi connectivity index (χ0) is 9.15. The predicted octanol–water partition coefficient (Wildman–Crippen LogP) is 3.77. The molecule has 1 aliphatic heterocycles. The first-order chi connectivity index (χ1) is 6.29. The van der Waals surface area contributed by atoms with Gasteiger partial charge in [0.1, 0.15) is 5.75 Å². The smallest absolute Gasteiger partial charge is 0.222 e. The molecule has 0 spiro atoms. The summed E-state index contributed by atoms with van der Waals surface area (Å²) in [5.74, 6) is 3.18. The maximum atomic E-state index is 5.81.